The molecule has 1 saturated heterocycles. The second-order valence-corrected chi connectivity index (χ2v) is 6.60. The van der Waals surface area contributed by atoms with Gasteiger partial charge in [-0.15, -0.1) is 0 Å². The van der Waals surface area contributed by atoms with Crippen molar-refractivity contribution in [2.45, 2.75) is 52.6 Å². The molecule has 0 aromatic carbocycles. The number of amides is 1. The van der Waals surface area contributed by atoms with Crippen LogP contribution in [0.15, 0.2) is 10.6 Å². The largest absolute Gasteiger partial charge is 0.338 e. The van der Waals surface area contributed by atoms with E-state index in [9.17, 15) is 4.79 Å². The third kappa shape index (κ3) is 2.96. The van der Waals surface area contributed by atoms with Gasteiger partial charge in [0.25, 0.3) is 0 Å². The smallest absolute Gasteiger partial charge is 0.243 e. The van der Waals surface area contributed by atoms with Gasteiger partial charge in [0.2, 0.25) is 11.8 Å². The molecule has 24 heavy (non-hydrogen) atoms. The molecule has 0 unspecified atom stereocenters. The minimum atomic E-state index is -0.248. The van der Waals surface area contributed by atoms with E-state index in [1.807, 2.05) is 32.5 Å². The highest BCUT2D eigenvalue weighted by atomic mass is 16.5. The lowest BCUT2D eigenvalue weighted by Crippen LogP contribution is -2.41. The van der Waals surface area contributed by atoms with E-state index in [1.165, 1.54) is 11.3 Å². The van der Waals surface area contributed by atoms with Crippen molar-refractivity contribution >= 4 is 11.8 Å². The first kappa shape index (κ1) is 16.7. The van der Waals surface area contributed by atoms with Crippen molar-refractivity contribution in [2.24, 2.45) is 7.05 Å². The van der Waals surface area contributed by atoms with E-state index in [-0.39, 0.29) is 18.0 Å². The normalized spacial score (nSPS) is 19.6. The Labute approximate surface area is 142 Å². The Kier molecular flexibility index (Phi) is 4.45. The summed E-state index contributed by atoms with van der Waals surface area (Å²) < 4.78 is 7.01. The van der Waals surface area contributed by atoms with Crippen molar-refractivity contribution < 1.29 is 9.32 Å². The Morgan fingerprint density at radius 3 is 2.75 bits per heavy atom. The average molecular weight is 331 g/mol. The van der Waals surface area contributed by atoms with Crippen LogP contribution in [0.5, 0.6) is 0 Å². The molecule has 130 valence electrons. The standard InChI is InChI=1S/C17H25N5O2/c1-10-9-15(24-20-10)18-17(23)13(4)22-8-6-7-14(22)16-11(2)19-21(5)12(16)3/h9,13-14H,6-8H2,1-5H3,(H,18,23)/t13-,14+/m1/s1. The number of aromatic nitrogens is 3. The molecule has 0 spiro atoms. The van der Waals surface area contributed by atoms with Crippen molar-refractivity contribution in [3.63, 3.8) is 0 Å². The molecule has 1 amide bonds. The predicted octanol–water partition coefficient (Wildman–Crippen LogP) is 2.50. The molecular weight excluding hydrogens is 306 g/mol. The topological polar surface area (TPSA) is 76.2 Å². The Hall–Kier alpha value is -2.15. The second kappa shape index (κ2) is 6.39. The molecule has 7 heteroatoms. The molecular formula is C17H25N5O2. The third-order valence-electron chi connectivity index (χ3n) is 4.94. The van der Waals surface area contributed by atoms with Gasteiger partial charge >= 0.3 is 0 Å². The summed E-state index contributed by atoms with van der Waals surface area (Å²) in [5, 5.41) is 11.1. The molecule has 3 heterocycles. The lowest BCUT2D eigenvalue weighted by atomic mass is 10.0. The summed E-state index contributed by atoms with van der Waals surface area (Å²) >= 11 is 0. The first-order valence-corrected chi connectivity index (χ1v) is 8.38. The molecule has 1 fully saturated rings. The minimum absolute atomic E-state index is 0.0720. The molecule has 1 aliphatic heterocycles. The number of aryl methyl sites for hydroxylation is 3. The van der Waals surface area contributed by atoms with Crippen molar-refractivity contribution in [3.8, 4) is 0 Å². The summed E-state index contributed by atoms with van der Waals surface area (Å²) in [6, 6.07) is 1.71. The van der Waals surface area contributed by atoms with E-state index in [1.54, 1.807) is 6.07 Å². The Balaban J connectivity index is 1.78. The van der Waals surface area contributed by atoms with Gasteiger partial charge in [-0.1, -0.05) is 5.16 Å². The molecule has 0 radical (unpaired) electrons. The van der Waals surface area contributed by atoms with E-state index in [2.05, 4.69) is 27.4 Å². The first-order valence-electron chi connectivity index (χ1n) is 8.38. The summed E-state index contributed by atoms with van der Waals surface area (Å²) in [7, 11) is 1.97. The van der Waals surface area contributed by atoms with Crippen LogP contribution >= 0.6 is 0 Å². The van der Waals surface area contributed by atoms with E-state index < -0.39 is 0 Å². The van der Waals surface area contributed by atoms with Crippen LogP contribution in [-0.4, -0.2) is 38.3 Å². The maximum Gasteiger partial charge on any atom is 0.243 e. The number of nitrogens with zero attached hydrogens (tertiary/aromatic N) is 4. The zero-order valence-corrected chi connectivity index (χ0v) is 15.0. The number of anilines is 1. The first-order chi connectivity index (χ1) is 11.4. The predicted molar refractivity (Wildman–Crippen MR) is 90.7 cm³/mol. The van der Waals surface area contributed by atoms with Crippen LogP contribution in [0.4, 0.5) is 5.88 Å². The molecule has 2 aromatic rings. The molecule has 1 N–H and O–H groups in total. The van der Waals surface area contributed by atoms with Crippen molar-refractivity contribution in [2.75, 3.05) is 11.9 Å². The number of likely N-dealkylation sites (tertiary alicyclic amines) is 1. The quantitative estimate of drug-likeness (QED) is 0.931. The molecule has 0 aliphatic carbocycles. The second-order valence-electron chi connectivity index (χ2n) is 6.60. The minimum Gasteiger partial charge on any atom is -0.338 e. The number of rotatable bonds is 4. The highest BCUT2D eigenvalue weighted by molar-refractivity contribution is 5.93. The molecule has 0 bridgehead atoms. The van der Waals surface area contributed by atoms with Crippen LogP contribution in [0.25, 0.3) is 0 Å². The fourth-order valence-corrected chi connectivity index (χ4v) is 3.63. The van der Waals surface area contributed by atoms with E-state index in [0.29, 0.717) is 5.88 Å². The van der Waals surface area contributed by atoms with E-state index in [4.69, 9.17) is 4.52 Å². The Morgan fingerprint density at radius 1 is 1.42 bits per heavy atom. The summed E-state index contributed by atoms with van der Waals surface area (Å²) in [6.07, 6.45) is 2.13. The molecule has 0 saturated carbocycles. The summed E-state index contributed by atoms with van der Waals surface area (Å²) in [5.41, 5.74) is 4.22. The maximum absolute atomic E-state index is 12.6. The average Bonchev–Trinajstić information content (AvgIpc) is 3.20. The highest BCUT2D eigenvalue weighted by Crippen LogP contribution is 2.36. The van der Waals surface area contributed by atoms with Crippen molar-refractivity contribution in [1.82, 2.24) is 19.8 Å². The van der Waals surface area contributed by atoms with Crippen LogP contribution in [0.1, 0.15) is 48.5 Å². The fourth-order valence-electron chi connectivity index (χ4n) is 3.63. The van der Waals surface area contributed by atoms with Gasteiger partial charge in [0.1, 0.15) is 0 Å². The van der Waals surface area contributed by atoms with Crippen LogP contribution in [0.2, 0.25) is 0 Å². The van der Waals surface area contributed by atoms with Crippen LogP contribution in [0, 0.1) is 20.8 Å². The van der Waals surface area contributed by atoms with Gasteiger partial charge in [-0.2, -0.15) is 5.10 Å². The molecule has 7 nitrogen and oxygen atoms in total. The van der Waals surface area contributed by atoms with Crippen LogP contribution in [-0.2, 0) is 11.8 Å². The lowest BCUT2D eigenvalue weighted by molar-refractivity contribution is -0.121. The summed E-state index contributed by atoms with van der Waals surface area (Å²) in [4.78, 5) is 14.9. The van der Waals surface area contributed by atoms with Crippen LogP contribution in [0.3, 0.4) is 0 Å². The van der Waals surface area contributed by atoms with Crippen molar-refractivity contribution in [3.05, 3.63) is 28.7 Å². The van der Waals surface area contributed by atoms with E-state index in [0.717, 1.165) is 30.8 Å². The van der Waals surface area contributed by atoms with Gasteiger partial charge in [-0.05, 0) is 47.1 Å². The van der Waals surface area contributed by atoms with Gasteiger partial charge in [0, 0.05) is 30.4 Å². The number of hydrogen-bond donors (Lipinski definition) is 1. The summed E-state index contributed by atoms with van der Waals surface area (Å²) in [5.74, 6) is 0.325. The third-order valence-corrected chi connectivity index (χ3v) is 4.94. The molecule has 2 aromatic heterocycles. The van der Waals surface area contributed by atoms with Crippen LogP contribution < -0.4 is 5.32 Å². The van der Waals surface area contributed by atoms with Gasteiger partial charge in [-0.25, -0.2) is 0 Å². The van der Waals surface area contributed by atoms with Gasteiger partial charge in [-0.3, -0.25) is 19.7 Å². The van der Waals surface area contributed by atoms with Gasteiger partial charge < -0.3 is 4.52 Å². The fraction of sp³-hybridized carbons (Fsp3) is 0.588. The zero-order chi connectivity index (χ0) is 17.4. The SMILES string of the molecule is Cc1cc(NC(=O)[C@@H](C)N2CCC[C@H]2c2c(C)nn(C)c2C)on1. The van der Waals surface area contributed by atoms with Gasteiger partial charge in [0.05, 0.1) is 17.4 Å². The zero-order valence-electron chi connectivity index (χ0n) is 15.0. The van der Waals surface area contributed by atoms with Gasteiger partial charge in [0.15, 0.2) is 0 Å². The summed E-state index contributed by atoms with van der Waals surface area (Å²) in [6.45, 7) is 8.81. The number of hydrogen-bond acceptors (Lipinski definition) is 5. The monoisotopic (exact) mass is 331 g/mol. The number of carbonyl (C=O) groups excluding carboxylic acids is 1. The maximum atomic E-state index is 12.6. The molecule has 3 rings (SSSR count). The Bertz CT molecular complexity index is 748. The number of nitrogens with one attached hydrogen (secondary N) is 1. The lowest BCUT2D eigenvalue weighted by Gasteiger charge is -2.30. The molecule has 1 aliphatic rings. The van der Waals surface area contributed by atoms with Crippen molar-refractivity contribution in [1.29, 1.82) is 0 Å². The van der Waals surface area contributed by atoms with E-state index >= 15 is 0 Å². The number of carbonyl (C=O) groups is 1. The highest BCUT2D eigenvalue weighted by Gasteiger charge is 2.35. The Morgan fingerprint density at radius 2 is 2.17 bits per heavy atom. The molecule has 2 atom stereocenters.